The molecule has 3 rings (SSSR count). The molecule has 1 N–H and O–H groups in total. The number of benzene rings is 2. The highest BCUT2D eigenvalue weighted by Gasteiger charge is 2.26. The predicted octanol–water partition coefficient (Wildman–Crippen LogP) is 5.15. The molecule has 1 heterocycles. The standard InChI is InChI=1S/C18H13ClN4O5S/c1-9-14(22(25)26)7-12(8-15(9)23(27)28)17(24)21-18-20-16(10(2)29-18)11-4-3-5-13(19)6-11/h3-8H,1-2H3,(H,20,21,24). The molecule has 11 heteroatoms. The lowest BCUT2D eigenvalue weighted by atomic mass is 10.1. The lowest BCUT2D eigenvalue weighted by molar-refractivity contribution is -0.395. The van der Waals surface area contributed by atoms with Crippen molar-refractivity contribution in [1.82, 2.24) is 4.98 Å². The lowest BCUT2D eigenvalue weighted by Gasteiger charge is -2.05. The molecule has 0 bridgehead atoms. The Morgan fingerprint density at radius 3 is 2.28 bits per heavy atom. The molecule has 0 atom stereocenters. The minimum atomic E-state index is -0.760. The number of halogens is 1. The molecule has 2 aromatic carbocycles. The van der Waals surface area contributed by atoms with Gasteiger partial charge in [0.25, 0.3) is 17.3 Å². The van der Waals surface area contributed by atoms with Crippen molar-refractivity contribution in [3.8, 4) is 11.3 Å². The zero-order valence-electron chi connectivity index (χ0n) is 15.1. The molecule has 0 aliphatic heterocycles. The molecule has 1 amide bonds. The van der Waals surface area contributed by atoms with Crippen molar-refractivity contribution in [2.24, 2.45) is 0 Å². The van der Waals surface area contributed by atoms with Gasteiger partial charge in [-0.05, 0) is 26.0 Å². The quantitative estimate of drug-likeness (QED) is 0.438. The molecule has 0 fully saturated rings. The van der Waals surface area contributed by atoms with Crippen LogP contribution in [-0.2, 0) is 0 Å². The second-order valence-electron chi connectivity index (χ2n) is 6.04. The molecule has 3 aromatic rings. The average Bonchev–Trinajstić information content (AvgIpc) is 3.01. The maximum atomic E-state index is 12.6. The number of hydrogen-bond donors (Lipinski definition) is 1. The van der Waals surface area contributed by atoms with Gasteiger partial charge in [-0.2, -0.15) is 0 Å². The van der Waals surface area contributed by atoms with E-state index in [2.05, 4.69) is 10.3 Å². The van der Waals surface area contributed by atoms with Gasteiger partial charge in [-0.3, -0.25) is 30.3 Å². The topological polar surface area (TPSA) is 128 Å². The van der Waals surface area contributed by atoms with Gasteiger partial charge in [-0.1, -0.05) is 23.7 Å². The Hall–Kier alpha value is -3.37. The van der Waals surface area contributed by atoms with Crippen molar-refractivity contribution in [2.45, 2.75) is 13.8 Å². The Morgan fingerprint density at radius 1 is 1.10 bits per heavy atom. The molecule has 0 radical (unpaired) electrons. The van der Waals surface area contributed by atoms with Crippen LogP contribution in [0, 0.1) is 34.1 Å². The van der Waals surface area contributed by atoms with Crippen molar-refractivity contribution >= 4 is 45.4 Å². The average molecular weight is 433 g/mol. The highest BCUT2D eigenvalue weighted by Crippen LogP contribution is 2.33. The van der Waals surface area contributed by atoms with Gasteiger partial charge in [0.2, 0.25) is 0 Å². The van der Waals surface area contributed by atoms with Gasteiger partial charge in [-0.15, -0.1) is 11.3 Å². The van der Waals surface area contributed by atoms with Crippen LogP contribution in [0.1, 0.15) is 20.8 Å². The zero-order chi connectivity index (χ0) is 21.3. The summed E-state index contributed by atoms with van der Waals surface area (Å²) in [5.41, 5.74) is 0.0802. The van der Waals surface area contributed by atoms with Crippen LogP contribution in [0.4, 0.5) is 16.5 Å². The molecule has 0 unspecified atom stereocenters. The third-order valence-corrected chi connectivity index (χ3v) is 5.24. The number of aryl methyl sites for hydroxylation is 1. The van der Waals surface area contributed by atoms with Gasteiger partial charge in [0.15, 0.2) is 5.13 Å². The highest BCUT2D eigenvalue weighted by atomic mass is 35.5. The number of carbonyl (C=O) groups is 1. The zero-order valence-corrected chi connectivity index (χ0v) is 16.7. The van der Waals surface area contributed by atoms with Crippen LogP contribution < -0.4 is 5.32 Å². The summed E-state index contributed by atoms with van der Waals surface area (Å²) >= 11 is 7.22. The molecule has 0 saturated carbocycles. The van der Waals surface area contributed by atoms with E-state index in [4.69, 9.17) is 11.6 Å². The van der Waals surface area contributed by atoms with E-state index in [1.165, 1.54) is 18.3 Å². The first-order valence-corrected chi connectivity index (χ1v) is 9.35. The molecular weight excluding hydrogens is 420 g/mol. The number of aromatic nitrogens is 1. The van der Waals surface area contributed by atoms with Crippen LogP contribution in [0.5, 0.6) is 0 Å². The van der Waals surface area contributed by atoms with Crippen LogP contribution in [0.25, 0.3) is 11.3 Å². The first kappa shape index (κ1) is 20.4. The van der Waals surface area contributed by atoms with E-state index >= 15 is 0 Å². The lowest BCUT2D eigenvalue weighted by Crippen LogP contribution is -2.13. The molecule has 29 heavy (non-hydrogen) atoms. The van der Waals surface area contributed by atoms with Crippen molar-refractivity contribution < 1.29 is 14.6 Å². The number of nitrogens with zero attached hydrogens (tertiary/aromatic N) is 3. The molecule has 9 nitrogen and oxygen atoms in total. The largest absolute Gasteiger partial charge is 0.298 e. The minimum absolute atomic E-state index is 0.120. The monoisotopic (exact) mass is 432 g/mol. The summed E-state index contributed by atoms with van der Waals surface area (Å²) in [4.78, 5) is 38.6. The normalized spacial score (nSPS) is 10.6. The predicted molar refractivity (Wildman–Crippen MR) is 110 cm³/mol. The van der Waals surface area contributed by atoms with E-state index < -0.39 is 27.1 Å². The first-order chi connectivity index (χ1) is 13.7. The van der Waals surface area contributed by atoms with E-state index in [0.29, 0.717) is 10.7 Å². The number of nitro groups is 2. The van der Waals surface area contributed by atoms with Gasteiger partial charge in [0, 0.05) is 27.6 Å². The molecule has 0 spiro atoms. The van der Waals surface area contributed by atoms with Crippen LogP contribution in [-0.4, -0.2) is 20.7 Å². The number of carbonyl (C=O) groups excluding carboxylic acids is 1. The van der Waals surface area contributed by atoms with Gasteiger partial charge < -0.3 is 0 Å². The maximum absolute atomic E-state index is 12.6. The Morgan fingerprint density at radius 2 is 1.72 bits per heavy atom. The molecule has 0 aliphatic rings. The fraction of sp³-hybridized carbons (Fsp3) is 0.111. The smallest absolute Gasteiger partial charge is 0.279 e. The Balaban J connectivity index is 1.94. The fourth-order valence-corrected chi connectivity index (χ4v) is 3.74. The van der Waals surface area contributed by atoms with Crippen LogP contribution in [0.2, 0.25) is 5.02 Å². The second-order valence-corrected chi connectivity index (χ2v) is 7.68. The Bertz CT molecular complexity index is 1130. The minimum Gasteiger partial charge on any atom is -0.298 e. The summed E-state index contributed by atoms with van der Waals surface area (Å²) in [7, 11) is 0. The number of nitrogens with one attached hydrogen (secondary N) is 1. The van der Waals surface area contributed by atoms with E-state index in [1.807, 2.05) is 13.0 Å². The highest BCUT2D eigenvalue weighted by molar-refractivity contribution is 7.16. The summed E-state index contributed by atoms with van der Waals surface area (Å²) in [6, 6.07) is 9.09. The Labute approximate surface area is 173 Å². The van der Waals surface area contributed by atoms with E-state index in [-0.39, 0.29) is 16.3 Å². The number of amides is 1. The molecule has 0 aliphatic carbocycles. The van der Waals surface area contributed by atoms with Crippen molar-refractivity contribution in [2.75, 3.05) is 5.32 Å². The summed E-state index contributed by atoms with van der Waals surface area (Å²) < 4.78 is 0. The summed E-state index contributed by atoms with van der Waals surface area (Å²) in [6.45, 7) is 3.09. The van der Waals surface area contributed by atoms with Crippen LogP contribution in [0.3, 0.4) is 0 Å². The number of nitro benzene ring substituents is 2. The van der Waals surface area contributed by atoms with Gasteiger partial charge in [0.05, 0.1) is 21.1 Å². The number of hydrogen-bond acceptors (Lipinski definition) is 7. The number of thiazole rings is 1. The summed E-state index contributed by atoms with van der Waals surface area (Å²) in [6.07, 6.45) is 0. The van der Waals surface area contributed by atoms with Crippen molar-refractivity contribution in [3.63, 3.8) is 0 Å². The van der Waals surface area contributed by atoms with Crippen molar-refractivity contribution in [3.05, 3.63) is 77.7 Å². The number of anilines is 1. The Kier molecular flexibility index (Phi) is 5.57. The molecule has 0 saturated heterocycles. The molecule has 1 aromatic heterocycles. The summed E-state index contributed by atoms with van der Waals surface area (Å²) in [5, 5.41) is 25.7. The maximum Gasteiger partial charge on any atom is 0.279 e. The van der Waals surface area contributed by atoms with Gasteiger partial charge >= 0.3 is 0 Å². The third-order valence-electron chi connectivity index (χ3n) is 4.12. The first-order valence-electron chi connectivity index (χ1n) is 8.15. The van der Waals surface area contributed by atoms with Gasteiger partial charge in [-0.25, -0.2) is 4.98 Å². The van der Waals surface area contributed by atoms with Crippen LogP contribution in [0.15, 0.2) is 36.4 Å². The summed E-state index contributed by atoms with van der Waals surface area (Å²) in [5.74, 6) is -0.734. The molecule has 148 valence electrons. The second kappa shape index (κ2) is 7.94. The third kappa shape index (κ3) is 4.23. The van der Waals surface area contributed by atoms with Gasteiger partial charge in [0.1, 0.15) is 5.56 Å². The molecular formula is C18H13ClN4O5S. The van der Waals surface area contributed by atoms with Crippen molar-refractivity contribution in [1.29, 1.82) is 0 Å². The van der Waals surface area contributed by atoms with Crippen LogP contribution >= 0.6 is 22.9 Å². The van der Waals surface area contributed by atoms with E-state index in [9.17, 15) is 25.0 Å². The SMILES string of the molecule is Cc1sc(NC(=O)c2cc([N+](=O)[O-])c(C)c([N+](=O)[O-])c2)nc1-c1cccc(Cl)c1. The van der Waals surface area contributed by atoms with E-state index in [0.717, 1.165) is 22.6 Å². The number of rotatable bonds is 5. The van der Waals surface area contributed by atoms with E-state index in [1.54, 1.807) is 18.2 Å². The fourth-order valence-electron chi connectivity index (χ4n) is 2.72.